The van der Waals surface area contributed by atoms with Gasteiger partial charge in [-0.05, 0) is 86.9 Å². The number of hydrogen-bond acceptors (Lipinski definition) is 5. The number of carbonyl (C=O) groups excluding carboxylic acids is 3. The highest BCUT2D eigenvalue weighted by Crippen LogP contribution is 2.41. The Balaban J connectivity index is 1.74. The second-order valence-corrected chi connectivity index (χ2v) is 12.5. The van der Waals surface area contributed by atoms with E-state index < -0.39 is 23.8 Å². The van der Waals surface area contributed by atoms with E-state index in [-0.39, 0.29) is 35.9 Å². The number of aryl methyl sites for hydroxylation is 1. The molecule has 4 unspecified atom stereocenters. The summed E-state index contributed by atoms with van der Waals surface area (Å²) in [6.07, 6.45) is 0.184. The summed E-state index contributed by atoms with van der Waals surface area (Å²) in [6, 6.07) is 19.8. The van der Waals surface area contributed by atoms with Gasteiger partial charge in [0.1, 0.15) is 23.4 Å². The van der Waals surface area contributed by atoms with Crippen molar-refractivity contribution in [1.29, 1.82) is 0 Å². The summed E-state index contributed by atoms with van der Waals surface area (Å²) in [5.74, 6) is -0.362. The Morgan fingerprint density at radius 3 is 2.21 bits per heavy atom. The molecule has 4 atom stereocenters. The summed E-state index contributed by atoms with van der Waals surface area (Å²) in [6.45, 7) is 11.6. The molecule has 0 aromatic heterocycles. The number of ether oxygens (including phenoxy) is 1. The fourth-order valence-electron chi connectivity index (χ4n) is 5.24. The van der Waals surface area contributed by atoms with Crippen LogP contribution in [0.1, 0.15) is 68.0 Å². The van der Waals surface area contributed by atoms with Crippen LogP contribution >= 0.6 is 0 Å². The van der Waals surface area contributed by atoms with Gasteiger partial charge in [0, 0.05) is 19.0 Å². The lowest BCUT2D eigenvalue weighted by Crippen LogP contribution is -2.54. The van der Waals surface area contributed by atoms with E-state index in [1.165, 1.54) is 0 Å². The van der Waals surface area contributed by atoms with E-state index in [0.717, 1.165) is 34.2 Å². The molecule has 3 aromatic carbocycles. The molecule has 3 N–H and O–H groups in total. The highest BCUT2D eigenvalue weighted by atomic mass is 16.6. The second-order valence-electron chi connectivity index (χ2n) is 12.5. The van der Waals surface area contributed by atoms with Crippen molar-refractivity contribution >= 4 is 17.9 Å². The number of rotatable bonds is 10. The Bertz CT molecular complexity index is 1430. The fraction of sp³-hybridized carbons (Fsp3) is 0.400. The predicted octanol–water partition coefficient (Wildman–Crippen LogP) is 5.74. The van der Waals surface area contributed by atoms with E-state index in [1.807, 2.05) is 62.4 Å². The van der Waals surface area contributed by atoms with E-state index >= 15 is 0 Å². The van der Waals surface area contributed by atoms with Gasteiger partial charge in [0.05, 0.1) is 0 Å². The van der Waals surface area contributed by atoms with Gasteiger partial charge in [-0.1, -0.05) is 67.6 Å². The number of hydrogen-bond donors (Lipinski definition) is 3. The Morgan fingerprint density at radius 2 is 1.60 bits per heavy atom. The minimum Gasteiger partial charge on any atom is -0.508 e. The average Bonchev–Trinajstić information content (AvgIpc) is 3.67. The molecule has 1 fully saturated rings. The number of phenolic OH excluding ortho intramolecular Hbond substituents is 1. The monoisotopic (exact) mass is 585 g/mol. The molecule has 3 aromatic rings. The van der Waals surface area contributed by atoms with Gasteiger partial charge in [0.2, 0.25) is 11.8 Å². The molecule has 0 saturated heterocycles. The highest BCUT2D eigenvalue weighted by Gasteiger charge is 2.48. The fourth-order valence-corrected chi connectivity index (χ4v) is 5.24. The zero-order valence-corrected chi connectivity index (χ0v) is 25.9. The Hall–Kier alpha value is -4.33. The third-order valence-electron chi connectivity index (χ3n) is 7.82. The summed E-state index contributed by atoms with van der Waals surface area (Å²) in [7, 11) is 0. The van der Waals surface area contributed by atoms with Crippen LogP contribution < -0.4 is 10.6 Å². The van der Waals surface area contributed by atoms with Gasteiger partial charge in [-0.15, -0.1) is 0 Å². The van der Waals surface area contributed by atoms with Gasteiger partial charge >= 0.3 is 6.09 Å². The summed E-state index contributed by atoms with van der Waals surface area (Å²) in [5.41, 5.74) is 3.63. The van der Waals surface area contributed by atoms with Crippen LogP contribution in [0.3, 0.4) is 0 Å². The standard InChI is InChI=1S/C35H43N3O5/c1-22-11-10-14-28(24(22)3)31(32(40)36-21-26-12-8-7-9-13-26)38(30-19-23(30)2)33(41)29(37-34(42)43-35(4,5)6)20-25-15-17-27(39)18-16-25/h7-18,23,29-31,39H,19-21H2,1-6H3,(H,36,40)(H,37,42). The maximum absolute atomic E-state index is 14.7. The Labute approximate surface area is 254 Å². The zero-order chi connectivity index (χ0) is 31.3. The van der Waals surface area contributed by atoms with Crippen LogP contribution in [-0.2, 0) is 27.3 Å². The molecule has 1 saturated carbocycles. The molecule has 0 heterocycles. The van der Waals surface area contributed by atoms with Gasteiger partial charge in [-0.25, -0.2) is 4.79 Å². The van der Waals surface area contributed by atoms with Gasteiger partial charge in [-0.3, -0.25) is 9.59 Å². The molecule has 4 rings (SSSR count). The van der Waals surface area contributed by atoms with Crippen LogP contribution in [0, 0.1) is 19.8 Å². The number of amides is 3. The van der Waals surface area contributed by atoms with E-state index in [1.54, 1.807) is 49.9 Å². The molecule has 228 valence electrons. The van der Waals surface area contributed by atoms with E-state index in [4.69, 9.17) is 4.74 Å². The predicted molar refractivity (Wildman–Crippen MR) is 166 cm³/mol. The maximum atomic E-state index is 14.7. The summed E-state index contributed by atoms with van der Waals surface area (Å²) in [5, 5.41) is 15.7. The van der Waals surface area contributed by atoms with Crippen molar-refractivity contribution in [2.75, 3.05) is 0 Å². The highest BCUT2D eigenvalue weighted by molar-refractivity contribution is 5.93. The van der Waals surface area contributed by atoms with E-state index in [2.05, 4.69) is 17.6 Å². The lowest BCUT2D eigenvalue weighted by atomic mass is 9.94. The van der Waals surface area contributed by atoms with Gasteiger partial charge < -0.3 is 25.4 Å². The normalized spacial score (nSPS) is 17.3. The minimum atomic E-state index is -1.01. The maximum Gasteiger partial charge on any atom is 0.408 e. The topological polar surface area (TPSA) is 108 Å². The number of aromatic hydroxyl groups is 1. The van der Waals surface area contributed by atoms with Gasteiger partial charge in [0.15, 0.2) is 0 Å². The number of nitrogens with zero attached hydrogens (tertiary/aromatic N) is 1. The molecule has 3 amide bonds. The lowest BCUT2D eigenvalue weighted by molar-refractivity contribution is -0.143. The molecule has 0 radical (unpaired) electrons. The van der Waals surface area contributed by atoms with Crippen LogP contribution in [0.25, 0.3) is 0 Å². The van der Waals surface area contributed by atoms with Crippen molar-refractivity contribution in [2.24, 2.45) is 5.92 Å². The molecule has 1 aliphatic carbocycles. The Kier molecular flexibility index (Phi) is 9.79. The third-order valence-corrected chi connectivity index (χ3v) is 7.82. The first kappa shape index (κ1) is 31.6. The minimum absolute atomic E-state index is 0.102. The van der Waals surface area contributed by atoms with Crippen molar-refractivity contribution in [3.63, 3.8) is 0 Å². The molecule has 1 aliphatic rings. The average molecular weight is 586 g/mol. The first-order chi connectivity index (χ1) is 20.3. The number of nitrogens with one attached hydrogen (secondary N) is 2. The largest absolute Gasteiger partial charge is 0.508 e. The SMILES string of the molecule is Cc1cccc(C(C(=O)NCc2ccccc2)N(C(=O)C(Cc2ccc(O)cc2)NC(=O)OC(C)(C)C)C2CC2C)c1C. The van der Waals surface area contributed by atoms with Crippen molar-refractivity contribution in [2.45, 2.75) is 84.7 Å². The number of phenols is 1. The first-order valence-electron chi connectivity index (χ1n) is 14.8. The summed E-state index contributed by atoms with van der Waals surface area (Å²) < 4.78 is 5.53. The molecule has 0 aliphatic heterocycles. The second kappa shape index (κ2) is 13.3. The van der Waals surface area contributed by atoms with Crippen LogP contribution in [0.15, 0.2) is 72.8 Å². The van der Waals surface area contributed by atoms with Crippen molar-refractivity contribution < 1.29 is 24.2 Å². The zero-order valence-electron chi connectivity index (χ0n) is 25.9. The molecule has 0 spiro atoms. The summed E-state index contributed by atoms with van der Waals surface area (Å²) in [4.78, 5) is 43.5. The van der Waals surface area contributed by atoms with Crippen LogP contribution in [0.4, 0.5) is 4.79 Å². The van der Waals surface area contributed by atoms with Crippen molar-refractivity contribution in [3.05, 3.63) is 101 Å². The molecule has 0 bridgehead atoms. The van der Waals surface area contributed by atoms with E-state index in [0.29, 0.717) is 6.54 Å². The van der Waals surface area contributed by atoms with Gasteiger partial charge in [-0.2, -0.15) is 0 Å². The van der Waals surface area contributed by atoms with Crippen LogP contribution in [0.5, 0.6) is 5.75 Å². The molecular formula is C35H43N3O5. The Morgan fingerprint density at radius 1 is 0.953 bits per heavy atom. The molecule has 8 nitrogen and oxygen atoms in total. The molecular weight excluding hydrogens is 542 g/mol. The van der Waals surface area contributed by atoms with E-state index in [9.17, 15) is 19.5 Å². The number of benzene rings is 3. The van der Waals surface area contributed by atoms with Crippen LogP contribution in [0.2, 0.25) is 0 Å². The quantitative estimate of drug-likeness (QED) is 0.281. The third kappa shape index (κ3) is 8.37. The van der Waals surface area contributed by atoms with Crippen molar-refractivity contribution in [3.8, 4) is 5.75 Å². The summed E-state index contributed by atoms with van der Waals surface area (Å²) >= 11 is 0. The van der Waals surface area contributed by atoms with Gasteiger partial charge in [0.25, 0.3) is 0 Å². The number of alkyl carbamates (subject to hydrolysis) is 1. The van der Waals surface area contributed by atoms with Crippen LogP contribution in [-0.4, -0.2) is 45.6 Å². The lowest BCUT2D eigenvalue weighted by Gasteiger charge is -2.36. The molecule has 43 heavy (non-hydrogen) atoms. The first-order valence-corrected chi connectivity index (χ1v) is 14.8. The smallest absolute Gasteiger partial charge is 0.408 e. The molecule has 8 heteroatoms. The van der Waals surface area contributed by atoms with Crippen molar-refractivity contribution in [1.82, 2.24) is 15.5 Å². The number of carbonyl (C=O) groups is 3.